The van der Waals surface area contributed by atoms with E-state index in [1.807, 2.05) is 0 Å². The number of hydrogen-bond acceptors (Lipinski definition) is 3. The Bertz CT molecular complexity index is 427. The molecule has 17 heavy (non-hydrogen) atoms. The van der Waals surface area contributed by atoms with Crippen molar-refractivity contribution in [3.8, 4) is 0 Å². The van der Waals surface area contributed by atoms with Crippen LogP contribution in [0.2, 0.25) is 0 Å². The number of carbonyl (C=O) groups is 1. The van der Waals surface area contributed by atoms with Gasteiger partial charge in [-0.3, -0.25) is 0 Å². The van der Waals surface area contributed by atoms with E-state index in [0.717, 1.165) is 0 Å². The molecular formula is C10H9Br2F2NO2. The van der Waals surface area contributed by atoms with Crippen LogP contribution in [0.1, 0.15) is 35.0 Å². The Morgan fingerprint density at radius 1 is 1.59 bits per heavy atom. The Morgan fingerprint density at radius 3 is 2.71 bits per heavy atom. The van der Waals surface area contributed by atoms with Crippen LogP contribution in [0.5, 0.6) is 0 Å². The minimum atomic E-state index is -2.68. The van der Waals surface area contributed by atoms with Gasteiger partial charge in [0.15, 0.2) is 0 Å². The van der Waals surface area contributed by atoms with Gasteiger partial charge in [0.25, 0.3) is 6.43 Å². The lowest BCUT2D eigenvalue weighted by Crippen LogP contribution is -2.11. The lowest BCUT2D eigenvalue weighted by Gasteiger charge is -2.10. The number of nitrogens with zero attached hydrogens (tertiary/aromatic N) is 1. The largest absolute Gasteiger partial charge is 0.462 e. The summed E-state index contributed by atoms with van der Waals surface area (Å²) >= 11 is 6.16. The van der Waals surface area contributed by atoms with Crippen LogP contribution in [0.3, 0.4) is 0 Å². The first kappa shape index (κ1) is 14.5. The summed E-state index contributed by atoms with van der Waals surface area (Å²) in [6.07, 6.45) is -2.68. The van der Waals surface area contributed by atoms with E-state index in [1.165, 1.54) is 6.07 Å². The highest BCUT2D eigenvalue weighted by atomic mass is 79.9. The molecule has 0 atom stereocenters. The summed E-state index contributed by atoms with van der Waals surface area (Å²) in [7, 11) is 0. The highest BCUT2D eigenvalue weighted by Crippen LogP contribution is 2.27. The molecule has 0 radical (unpaired) electrons. The standard InChI is InChI=1S/C10H9Br2F2NO2/c1-2-17-10(16)7-5(4-11)3-6(9(13)14)15-8(7)12/h3,9H,2,4H2,1H3. The van der Waals surface area contributed by atoms with Crippen molar-refractivity contribution in [1.29, 1.82) is 0 Å². The van der Waals surface area contributed by atoms with Crippen molar-refractivity contribution in [3.05, 3.63) is 27.5 Å². The Morgan fingerprint density at radius 2 is 2.24 bits per heavy atom. The van der Waals surface area contributed by atoms with Crippen LogP contribution in [-0.4, -0.2) is 17.6 Å². The molecule has 94 valence electrons. The average molecular weight is 373 g/mol. The maximum absolute atomic E-state index is 12.5. The van der Waals surface area contributed by atoms with Crippen LogP contribution in [0, 0.1) is 0 Å². The zero-order valence-electron chi connectivity index (χ0n) is 8.84. The maximum atomic E-state index is 12.5. The molecule has 3 nitrogen and oxygen atoms in total. The van der Waals surface area contributed by atoms with Gasteiger partial charge in [-0.2, -0.15) is 0 Å². The summed E-state index contributed by atoms with van der Waals surface area (Å²) in [4.78, 5) is 15.3. The topological polar surface area (TPSA) is 39.2 Å². The Kier molecular flexibility index (Phi) is 5.45. The first-order valence-corrected chi connectivity index (χ1v) is 6.63. The van der Waals surface area contributed by atoms with E-state index in [0.29, 0.717) is 5.56 Å². The summed E-state index contributed by atoms with van der Waals surface area (Å²) in [6.45, 7) is 1.88. The highest BCUT2D eigenvalue weighted by Gasteiger charge is 2.21. The van der Waals surface area contributed by atoms with E-state index < -0.39 is 12.4 Å². The number of halogens is 4. The Hall–Kier alpha value is -0.560. The van der Waals surface area contributed by atoms with E-state index in [-0.39, 0.29) is 27.8 Å². The molecule has 0 aliphatic rings. The van der Waals surface area contributed by atoms with E-state index in [1.54, 1.807) is 6.92 Å². The third kappa shape index (κ3) is 3.45. The van der Waals surface area contributed by atoms with Crippen LogP contribution in [0.15, 0.2) is 10.7 Å². The molecule has 1 aromatic heterocycles. The molecule has 0 N–H and O–H groups in total. The molecule has 0 unspecified atom stereocenters. The molecule has 1 aromatic rings. The molecule has 7 heteroatoms. The summed E-state index contributed by atoms with van der Waals surface area (Å²) in [6, 6.07) is 1.19. The quantitative estimate of drug-likeness (QED) is 0.457. The molecule has 0 saturated heterocycles. The Labute approximate surface area is 114 Å². The van der Waals surface area contributed by atoms with Gasteiger partial charge in [0.05, 0.1) is 12.2 Å². The smallest absolute Gasteiger partial charge is 0.341 e. The summed E-state index contributed by atoms with van der Waals surface area (Å²) < 4.78 is 30.0. The molecular weight excluding hydrogens is 364 g/mol. The second-order valence-electron chi connectivity index (χ2n) is 3.03. The number of hydrogen-bond donors (Lipinski definition) is 0. The van der Waals surface area contributed by atoms with Gasteiger partial charge in [0.2, 0.25) is 0 Å². The van der Waals surface area contributed by atoms with Crippen LogP contribution in [-0.2, 0) is 10.1 Å². The Balaban J connectivity index is 3.25. The predicted octanol–water partition coefficient (Wildman–Crippen LogP) is 3.85. The van der Waals surface area contributed by atoms with E-state index in [2.05, 4.69) is 36.8 Å². The van der Waals surface area contributed by atoms with Gasteiger partial charge < -0.3 is 4.74 Å². The molecule has 0 bridgehead atoms. The summed E-state index contributed by atoms with van der Waals surface area (Å²) in [5.74, 6) is -0.581. The average Bonchev–Trinajstić information content (AvgIpc) is 2.27. The van der Waals surface area contributed by atoms with Gasteiger partial charge >= 0.3 is 5.97 Å². The van der Waals surface area contributed by atoms with Crippen molar-refractivity contribution in [2.45, 2.75) is 18.7 Å². The first-order valence-electron chi connectivity index (χ1n) is 4.71. The second kappa shape index (κ2) is 6.39. The minimum Gasteiger partial charge on any atom is -0.462 e. The van der Waals surface area contributed by atoms with Gasteiger partial charge in [-0.15, -0.1) is 0 Å². The van der Waals surface area contributed by atoms with Crippen LogP contribution < -0.4 is 0 Å². The zero-order valence-corrected chi connectivity index (χ0v) is 12.0. The SMILES string of the molecule is CCOC(=O)c1c(CBr)cc(C(F)F)nc1Br. The fourth-order valence-corrected chi connectivity index (χ4v) is 2.28. The number of rotatable bonds is 4. The number of ether oxygens (including phenoxy) is 1. The van der Waals surface area contributed by atoms with Crippen molar-refractivity contribution >= 4 is 37.8 Å². The molecule has 0 amide bonds. The fraction of sp³-hybridized carbons (Fsp3) is 0.400. The van der Waals surface area contributed by atoms with Gasteiger partial charge in [-0.25, -0.2) is 18.6 Å². The number of aromatic nitrogens is 1. The van der Waals surface area contributed by atoms with Crippen molar-refractivity contribution in [3.63, 3.8) is 0 Å². The normalized spacial score (nSPS) is 10.7. The molecule has 0 aliphatic heterocycles. The molecule has 0 aromatic carbocycles. The van der Waals surface area contributed by atoms with Gasteiger partial charge in [0.1, 0.15) is 10.3 Å². The lowest BCUT2D eigenvalue weighted by molar-refractivity contribution is 0.0523. The van der Waals surface area contributed by atoms with Gasteiger partial charge in [0, 0.05) is 5.33 Å². The van der Waals surface area contributed by atoms with Gasteiger partial charge in [-0.05, 0) is 34.5 Å². The van der Waals surface area contributed by atoms with Crippen LogP contribution in [0.4, 0.5) is 8.78 Å². The molecule has 1 rings (SSSR count). The predicted molar refractivity (Wildman–Crippen MR) is 65.5 cm³/mol. The molecule has 0 aliphatic carbocycles. The summed E-state index contributed by atoms with van der Waals surface area (Å²) in [5, 5.41) is 0.266. The first-order chi connectivity index (χ1) is 8.01. The van der Waals surface area contributed by atoms with Crippen LogP contribution >= 0.6 is 31.9 Å². The maximum Gasteiger partial charge on any atom is 0.341 e. The van der Waals surface area contributed by atoms with Crippen molar-refractivity contribution in [1.82, 2.24) is 4.98 Å². The monoisotopic (exact) mass is 371 g/mol. The third-order valence-corrected chi connectivity index (χ3v) is 3.10. The van der Waals surface area contributed by atoms with Crippen molar-refractivity contribution < 1.29 is 18.3 Å². The minimum absolute atomic E-state index is 0.0724. The van der Waals surface area contributed by atoms with Gasteiger partial charge in [-0.1, -0.05) is 15.9 Å². The third-order valence-electron chi connectivity index (χ3n) is 1.92. The number of pyridine rings is 1. The van der Waals surface area contributed by atoms with E-state index in [4.69, 9.17) is 4.74 Å². The molecule has 0 fully saturated rings. The number of esters is 1. The second-order valence-corrected chi connectivity index (χ2v) is 4.34. The number of carbonyl (C=O) groups excluding carboxylic acids is 1. The summed E-state index contributed by atoms with van der Waals surface area (Å²) in [5.41, 5.74) is 0.216. The fourth-order valence-electron chi connectivity index (χ4n) is 1.22. The molecule has 0 saturated carbocycles. The lowest BCUT2D eigenvalue weighted by atomic mass is 10.1. The molecule has 0 spiro atoms. The van der Waals surface area contributed by atoms with E-state index in [9.17, 15) is 13.6 Å². The van der Waals surface area contributed by atoms with Crippen LogP contribution in [0.25, 0.3) is 0 Å². The van der Waals surface area contributed by atoms with Crippen molar-refractivity contribution in [2.24, 2.45) is 0 Å². The van der Waals surface area contributed by atoms with Crippen molar-refractivity contribution in [2.75, 3.05) is 6.61 Å². The number of alkyl halides is 3. The highest BCUT2D eigenvalue weighted by molar-refractivity contribution is 9.10. The van der Waals surface area contributed by atoms with E-state index >= 15 is 0 Å². The zero-order chi connectivity index (χ0) is 13.0. The molecule has 1 heterocycles.